The predicted molar refractivity (Wildman–Crippen MR) is 221 cm³/mol. The van der Waals surface area contributed by atoms with Crippen LogP contribution in [0.25, 0.3) is 106 Å². The molecule has 0 spiro atoms. The highest BCUT2D eigenvalue weighted by Crippen LogP contribution is 2.48. The Bertz CT molecular complexity index is 3080. The molecule has 11 rings (SSSR count). The first-order chi connectivity index (χ1) is 24.8. The zero-order valence-corrected chi connectivity index (χ0v) is 28.6. The van der Waals surface area contributed by atoms with E-state index in [1.165, 1.54) is 106 Å². The van der Waals surface area contributed by atoms with Crippen LogP contribution in [-0.4, -0.2) is 0 Å². The minimum atomic E-state index is 1.24. The third-order valence-corrected chi connectivity index (χ3v) is 12.8. The summed E-state index contributed by atoms with van der Waals surface area (Å²) < 4.78 is 5.44. The summed E-state index contributed by atoms with van der Waals surface area (Å²) >= 11 is 3.82. The Kier molecular flexibility index (Phi) is 6.09. The molecule has 0 amide bonds. The Morgan fingerprint density at radius 3 is 1.66 bits per heavy atom. The molecule has 2 aromatic heterocycles. The smallest absolute Gasteiger partial charge is 0.0448 e. The van der Waals surface area contributed by atoms with Crippen LogP contribution in [-0.2, 0) is 0 Å². The average molecular weight is 669 g/mol. The van der Waals surface area contributed by atoms with Crippen LogP contribution in [0, 0.1) is 0 Å². The molecule has 0 aliphatic rings. The summed E-state index contributed by atoms with van der Waals surface area (Å²) in [6.07, 6.45) is 0. The quantitative estimate of drug-likeness (QED) is 0.164. The molecule has 0 nitrogen and oxygen atoms in total. The fourth-order valence-corrected chi connectivity index (χ4v) is 10.7. The van der Waals surface area contributed by atoms with Crippen LogP contribution in [0.2, 0.25) is 0 Å². The third-order valence-electron chi connectivity index (χ3n) is 10.4. The largest absolute Gasteiger partial charge is 0.135 e. The van der Waals surface area contributed by atoms with E-state index in [1.54, 1.807) is 0 Å². The van der Waals surface area contributed by atoms with Gasteiger partial charge in [-0.3, -0.25) is 0 Å². The van der Waals surface area contributed by atoms with Crippen LogP contribution in [0.3, 0.4) is 0 Å². The molecule has 50 heavy (non-hydrogen) atoms. The van der Waals surface area contributed by atoms with E-state index in [1.807, 2.05) is 22.7 Å². The average Bonchev–Trinajstić information content (AvgIpc) is 3.75. The first kappa shape index (κ1) is 28.1. The third kappa shape index (κ3) is 4.10. The maximum atomic E-state index is 2.44. The molecule has 0 unspecified atom stereocenters. The summed E-state index contributed by atoms with van der Waals surface area (Å²) in [4.78, 5) is 0. The number of benzene rings is 9. The van der Waals surface area contributed by atoms with E-state index in [0.717, 1.165) is 0 Å². The van der Waals surface area contributed by atoms with E-state index in [4.69, 9.17) is 0 Å². The number of hydrogen-bond donors (Lipinski definition) is 0. The lowest BCUT2D eigenvalue weighted by Crippen LogP contribution is -1.92. The van der Waals surface area contributed by atoms with Crippen LogP contribution in [0.15, 0.2) is 170 Å². The molecule has 0 atom stereocenters. The van der Waals surface area contributed by atoms with E-state index >= 15 is 0 Å². The monoisotopic (exact) mass is 668 g/mol. The van der Waals surface area contributed by atoms with E-state index in [9.17, 15) is 0 Å². The van der Waals surface area contributed by atoms with Crippen molar-refractivity contribution in [3.05, 3.63) is 170 Å². The van der Waals surface area contributed by atoms with Gasteiger partial charge in [-0.1, -0.05) is 133 Å². The number of hydrogen-bond acceptors (Lipinski definition) is 2. The molecule has 0 aliphatic heterocycles. The molecule has 232 valence electrons. The Hall–Kier alpha value is -5.80. The van der Waals surface area contributed by atoms with Gasteiger partial charge in [0.1, 0.15) is 0 Å². The van der Waals surface area contributed by atoms with Gasteiger partial charge in [-0.2, -0.15) is 0 Å². The van der Waals surface area contributed by atoms with E-state index in [0.29, 0.717) is 0 Å². The van der Waals surface area contributed by atoms with Crippen molar-refractivity contribution >= 4 is 95.3 Å². The van der Waals surface area contributed by atoms with E-state index in [-0.39, 0.29) is 0 Å². The molecule has 0 fully saturated rings. The molecule has 0 aliphatic carbocycles. The summed E-state index contributed by atoms with van der Waals surface area (Å²) in [5.41, 5.74) is 7.59. The van der Waals surface area contributed by atoms with Crippen molar-refractivity contribution in [1.29, 1.82) is 0 Å². The topological polar surface area (TPSA) is 0 Å². The van der Waals surface area contributed by atoms with Gasteiger partial charge in [0.25, 0.3) is 0 Å². The molecule has 2 heterocycles. The summed E-state index contributed by atoms with van der Waals surface area (Å²) in [7, 11) is 0. The molecule has 11 aromatic rings. The van der Waals surface area contributed by atoms with Crippen LogP contribution in [0.5, 0.6) is 0 Å². The van der Waals surface area contributed by atoms with Gasteiger partial charge in [0.15, 0.2) is 0 Å². The normalized spacial score (nSPS) is 12.0. The van der Waals surface area contributed by atoms with E-state index < -0.39 is 0 Å². The molecular formula is C48H28S2. The molecule has 0 radical (unpaired) electrons. The summed E-state index contributed by atoms with van der Waals surface area (Å²) in [5, 5.41) is 13.1. The van der Waals surface area contributed by atoms with Crippen molar-refractivity contribution in [3.8, 4) is 33.4 Å². The molecule has 0 saturated heterocycles. The van der Waals surface area contributed by atoms with E-state index in [2.05, 4.69) is 170 Å². The van der Waals surface area contributed by atoms with Crippen molar-refractivity contribution in [1.82, 2.24) is 0 Å². The molecule has 0 saturated carbocycles. The maximum Gasteiger partial charge on any atom is 0.0448 e. The lowest BCUT2D eigenvalue weighted by Gasteiger charge is -2.19. The van der Waals surface area contributed by atoms with Crippen molar-refractivity contribution in [2.24, 2.45) is 0 Å². The van der Waals surface area contributed by atoms with Gasteiger partial charge in [0.2, 0.25) is 0 Å². The summed E-state index contributed by atoms with van der Waals surface area (Å²) in [5.74, 6) is 0. The highest BCUT2D eigenvalue weighted by Gasteiger charge is 2.19. The zero-order chi connectivity index (χ0) is 32.8. The minimum absolute atomic E-state index is 1.24. The lowest BCUT2D eigenvalue weighted by molar-refractivity contribution is 1.65. The van der Waals surface area contributed by atoms with Crippen molar-refractivity contribution in [3.63, 3.8) is 0 Å². The van der Waals surface area contributed by atoms with Gasteiger partial charge < -0.3 is 0 Å². The maximum absolute atomic E-state index is 2.44. The van der Waals surface area contributed by atoms with Crippen LogP contribution in [0.1, 0.15) is 0 Å². The van der Waals surface area contributed by atoms with Crippen LogP contribution >= 0.6 is 22.7 Å². The van der Waals surface area contributed by atoms with Gasteiger partial charge in [-0.25, -0.2) is 0 Å². The number of fused-ring (bicyclic) bond motifs is 10. The highest BCUT2D eigenvalue weighted by atomic mass is 32.1. The van der Waals surface area contributed by atoms with Crippen molar-refractivity contribution in [2.45, 2.75) is 0 Å². The Morgan fingerprint density at radius 1 is 0.300 bits per heavy atom. The van der Waals surface area contributed by atoms with Gasteiger partial charge in [0.05, 0.1) is 0 Å². The van der Waals surface area contributed by atoms with Gasteiger partial charge in [-0.05, 0) is 102 Å². The SMILES string of the molecule is c1ccc(-c2c3ccccc3c(-c3cc(-c4ccc5sc6c(ccc7sc8ccccc8c76)c5c4)cc4ccccc34)c3ccccc23)cc1. The van der Waals surface area contributed by atoms with Crippen LogP contribution in [0.4, 0.5) is 0 Å². The second kappa shape index (κ2) is 10.9. The highest BCUT2D eigenvalue weighted by molar-refractivity contribution is 7.29. The Balaban J connectivity index is 1.19. The zero-order valence-electron chi connectivity index (χ0n) is 27.0. The van der Waals surface area contributed by atoms with Crippen molar-refractivity contribution in [2.75, 3.05) is 0 Å². The van der Waals surface area contributed by atoms with Crippen molar-refractivity contribution < 1.29 is 0 Å². The van der Waals surface area contributed by atoms with Gasteiger partial charge >= 0.3 is 0 Å². The summed E-state index contributed by atoms with van der Waals surface area (Å²) in [6.45, 7) is 0. The number of thiophene rings is 2. The van der Waals surface area contributed by atoms with Gasteiger partial charge in [-0.15, -0.1) is 22.7 Å². The number of rotatable bonds is 3. The molecule has 2 heteroatoms. The predicted octanol–water partition coefficient (Wildman–Crippen LogP) is 14.9. The first-order valence-electron chi connectivity index (χ1n) is 17.1. The Morgan fingerprint density at radius 2 is 0.900 bits per heavy atom. The molecule has 0 N–H and O–H groups in total. The molecule has 9 aromatic carbocycles. The first-order valence-corrected chi connectivity index (χ1v) is 18.7. The summed E-state index contributed by atoms with van der Waals surface area (Å²) in [6, 6.07) is 63.1. The molecular weight excluding hydrogens is 641 g/mol. The second-order valence-corrected chi connectivity index (χ2v) is 15.3. The fourth-order valence-electron chi connectivity index (χ4n) is 8.24. The Labute approximate surface area is 297 Å². The lowest BCUT2D eigenvalue weighted by atomic mass is 9.84. The van der Waals surface area contributed by atoms with Gasteiger partial charge in [0, 0.05) is 40.3 Å². The van der Waals surface area contributed by atoms with Crippen LogP contribution < -0.4 is 0 Å². The minimum Gasteiger partial charge on any atom is -0.135 e. The second-order valence-electron chi connectivity index (χ2n) is 13.2. The standard InChI is InChI=1S/C48H28S2/c1-2-12-29(13-3-1)45-34-16-6-8-18-36(34)46(37-19-9-7-17-35(37)45)41-28-32(26-31-14-4-5-15-33(31)41)30-22-24-43-40(27-30)38-23-25-44-47(48(38)50-43)39-20-10-11-21-42(39)49-44/h1-28H. The fraction of sp³-hybridized carbons (Fsp3) is 0. The molecule has 0 bridgehead atoms.